The highest BCUT2D eigenvalue weighted by Crippen LogP contribution is 2.36. The van der Waals surface area contributed by atoms with Crippen LogP contribution in [0.15, 0.2) is 9.79 Å². The van der Waals surface area contributed by atoms with Crippen molar-refractivity contribution in [2.24, 2.45) is 4.99 Å². The van der Waals surface area contributed by atoms with Gasteiger partial charge in [-0.2, -0.15) is 4.98 Å². The predicted molar refractivity (Wildman–Crippen MR) is 124 cm³/mol. The summed E-state index contributed by atoms with van der Waals surface area (Å²) in [5.41, 5.74) is -0.279. The molecular weight excluding hydrogens is 430 g/mol. The van der Waals surface area contributed by atoms with Crippen molar-refractivity contribution in [2.75, 3.05) is 26.2 Å². The number of ether oxygens (including phenoxy) is 1. The van der Waals surface area contributed by atoms with Crippen molar-refractivity contribution in [1.82, 2.24) is 19.4 Å². The summed E-state index contributed by atoms with van der Waals surface area (Å²) in [6.45, 7) is 11.3. The van der Waals surface area contributed by atoms with Crippen LogP contribution in [-0.4, -0.2) is 63.1 Å². The van der Waals surface area contributed by atoms with E-state index in [0.29, 0.717) is 44.0 Å². The van der Waals surface area contributed by atoms with Crippen LogP contribution in [0.2, 0.25) is 5.28 Å². The van der Waals surface area contributed by atoms with Crippen LogP contribution < -0.4 is 5.56 Å². The SMILES string of the molecule is CC#CCC1C(N2CCN(C(=O)OC(C)(C)C)CC2)=Nc2nc(Cl)n(CC#CC)c(=O)c21. The van der Waals surface area contributed by atoms with Gasteiger partial charge in [-0.1, -0.05) is 5.92 Å². The Hall–Kier alpha value is -2.97. The summed E-state index contributed by atoms with van der Waals surface area (Å²) in [6.07, 6.45) is 0.127. The van der Waals surface area contributed by atoms with Crippen molar-refractivity contribution in [1.29, 1.82) is 0 Å². The highest BCUT2D eigenvalue weighted by molar-refractivity contribution is 6.28. The van der Waals surface area contributed by atoms with Gasteiger partial charge in [0.05, 0.1) is 18.0 Å². The first-order chi connectivity index (χ1) is 15.2. The largest absolute Gasteiger partial charge is 0.444 e. The Morgan fingerprint density at radius 2 is 1.81 bits per heavy atom. The van der Waals surface area contributed by atoms with E-state index in [4.69, 9.17) is 16.3 Å². The number of carbonyl (C=O) groups is 1. The molecule has 9 heteroatoms. The minimum absolute atomic E-state index is 0.0663. The molecule has 2 aliphatic heterocycles. The number of amidine groups is 1. The second-order valence-corrected chi connectivity index (χ2v) is 8.88. The molecule has 1 fully saturated rings. The third kappa shape index (κ3) is 5.08. The van der Waals surface area contributed by atoms with Gasteiger partial charge in [0.2, 0.25) is 5.28 Å². The number of aromatic nitrogens is 2. The van der Waals surface area contributed by atoms with Crippen molar-refractivity contribution in [3.8, 4) is 23.7 Å². The molecule has 2 aliphatic rings. The molecule has 1 amide bonds. The monoisotopic (exact) mass is 457 g/mol. The summed E-state index contributed by atoms with van der Waals surface area (Å²) in [5, 5.41) is 0.0663. The number of carbonyl (C=O) groups excluding carboxylic acids is 1. The van der Waals surface area contributed by atoms with E-state index in [1.54, 1.807) is 18.7 Å². The van der Waals surface area contributed by atoms with Crippen LogP contribution in [-0.2, 0) is 11.3 Å². The molecule has 0 saturated carbocycles. The van der Waals surface area contributed by atoms with Crippen molar-refractivity contribution >= 4 is 29.3 Å². The fraction of sp³-hybridized carbons (Fsp3) is 0.565. The molecule has 0 aliphatic carbocycles. The Bertz CT molecular complexity index is 1100. The van der Waals surface area contributed by atoms with Crippen molar-refractivity contribution in [3.05, 3.63) is 21.2 Å². The molecule has 0 bridgehead atoms. The van der Waals surface area contributed by atoms with E-state index in [1.807, 2.05) is 20.8 Å². The predicted octanol–water partition coefficient (Wildman–Crippen LogP) is 3.01. The van der Waals surface area contributed by atoms with Crippen LogP contribution in [0, 0.1) is 23.7 Å². The number of rotatable bonds is 2. The molecule has 1 saturated heterocycles. The molecular formula is C23H28ClN5O3. The molecule has 170 valence electrons. The van der Waals surface area contributed by atoms with E-state index >= 15 is 0 Å². The maximum absolute atomic E-state index is 13.2. The summed E-state index contributed by atoms with van der Waals surface area (Å²) in [4.78, 5) is 38.4. The molecule has 0 spiro atoms. The molecule has 1 unspecified atom stereocenters. The zero-order valence-electron chi connectivity index (χ0n) is 19.2. The van der Waals surface area contributed by atoms with Crippen LogP contribution in [0.3, 0.4) is 0 Å². The molecule has 1 aromatic rings. The van der Waals surface area contributed by atoms with Crippen LogP contribution >= 0.6 is 11.6 Å². The Labute approximate surface area is 193 Å². The average Bonchev–Trinajstić information content (AvgIpc) is 3.09. The van der Waals surface area contributed by atoms with Gasteiger partial charge < -0.3 is 14.5 Å². The summed E-state index contributed by atoms with van der Waals surface area (Å²) in [7, 11) is 0. The highest BCUT2D eigenvalue weighted by atomic mass is 35.5. The van der Waals surface area contributed by atoms with Crippen molar-refractivity contribution in [2.45, 2.75) is 59.1 Å². The van der Waals surface area contributed by atoms with E-state index < -0.39 is 5.60 Å². The zero-order chi connectivity index (χ0) is 23.5. The minimum Gasteiger partial charge on any atom is -0.444 e. The minimum atomic E-state index is -0.539. The van der Waals surface area contributed by atoms with Gasteiger partial charge in [-0.25, -0.2) is 9.79 Å². The lowest BCUT2D eigenvalue weighted by Crippen LogP contribution is -2.52. The van der Waals surface area contributed by atoms with Gasteiger partial charge in [-0.15, -0.1) is 17.8 Å². The number of amides is 1. The molecule has 3 heterocycles. The molecule has 8 nitrogen and oxygen atoms in total. The smallest absolute Gasteiger partial charge is 0.410 e. The van der Waals surface area contributed by atoms with E-state index in [9.17, 15) is 9.59 Å². The molecule has 0 radical (unpaired) electrons. The summed E-state index contributed by atoms with van der Waals surface area (Å²) in [6, 6.07) is 0. The zero-order valence-corrected chi connectivity index (χ0v) is 19.9. The van der Waals surface area contributed by atoms with E-state index in [1.165, 1.54) is 4.57 Å². The maximum atomic E-state index is 13.2. The van der Waals surface area contributed by atoms with E-state index in [-0.39, 0.29) is 29.4 Å². The lowest BCUT2D eigenvalue weighted by Gasteiger charge is -2.37. The molecule has 0 aromatic carbocycles. The van der Waals surface area contributed by atoms with E-state index in [2.05, 4.69) is 38.6 Å². The molecule has 32 heavy (non-hydrogen) atoms. The number of nitrogens with zero attached hydrogens (tertiary/aromatic N) is 5. The Kier molecular flexibility index (Phi) is 7.16. The Morgan fingerprint density at radius 3 is 2.41 bits per heavy atom. The standard InChI is InChI=1S/C23H28ClN5O3/c1-6-8-10-16-17-18(26-21(24)29(20(17)30)11-9-7-2)25-19(16)27-12-14-28(15-13-27)22(31)32-23(3,4)5/h16H,10-15H2,1-5H3. The number of piperazine rings is 1. The van der Waals surface area contributed by atoms with Gasteiger partial charge in [0.1, 0.15) is 11.4 Å². The van der Waals surface area contributed by atoms with Crippen molar-refractivity contribution in [3.63, 3.8) is 0 Å². The Morgan fingerprint density at radius 1 is 1.16 bits per heavy atom. The number of aliphatic imine (C=N–C) groups is 1. The number of halogens is 1. The first kappa shape index (κ1) is 23.7. The molecule has 1 aromatic heterocycles. The molecule has 1 atom stereocenters. The summed E-state index contributed by atoms with van der Waals surface area (Å²) >= 11 is 6.26. The number of hydrogen-bond acceptors (Lipinski definition) is 6. The molecule has 3 rings (SSSR count). The third-order valence-electron chi connectivity index (χ3n) is 5.17. The van der Waals surface area contributed by atoms with Crippen LogP contribution in [0.1, 0.15) is 52.5 Å². The maximum Gasteiger partial charge on any atom is 0.410 e. The lowest BCUT2D eigenvalue weighted by atomic mass is 9.97. The fourth-order valence-corrected chi connectivity index (χ4v) is 3.88. The number of hydrogen-bond donors (Lipinski definition) is 0. The van der Waals surface area contributed by atoms with Crippen LogP contribution in [0.5, 0.6) is 0 Å². The first-order valence-electron chi connectivity index (χ1n) is 10.6. The van der Waals surface area contributed by atoms with Gasteiger partial charge in [0.15, 0.2) is 5.82 Å². The third-order valence-corrected chi connectivity index (χ3v) is 5.46. The quantitative estimate of drug-likeness (QED) is 0.503. The second-order valence-electron chi connectivity index (χ2n) is 8.54. The number of fused-ring (bicyclic) bond motifs is 1. The molecule has 0 N–H and O–H groups in total. The first-order valence-corrected chi connectivity index (χ1v) is 10.9. The normalized spacial score (nSPS) is 17.6. The summed E-state index contributed by atoms with van der Waals surface area (Å²) in [5.74, 6) is 12.4. The van der Waals surface area contributed by atoms with Gasteiger partial charge in [0.25, 0.3) is 5.56 Å². The topological polar surface area (TPSA) is 80.0 Å². The van der Waals surface area contributed by atoms with E-state index in [0.717, 1.165) is 5.84 Å². The van der Waals surface area contributed by atoms with Gasteiger partial charge in [-0.3, -0.25) is 9.36 Å². The van der Waals surface area contributed by atoms with Crippen LogP contribution in [0.4, 0.5) is 10.6 Å². The van der Waals surface area contributed by atoms with Crippen molar-refractivity contribution < 1.29 is 9.53 Å². The Balaban J connectivity index is 1.85. The van der Waals surface area contributed by atoms with Gasteiger partial charge >= 0.3 is 6.09 Å². The fourth-order valence-electron chi connectivity index (χ4n) is 3.67. The second kappa shape index (κ2) is 9.67. The van der Waals surface area contributed by atoms with Gasteiger partial charge in [0, 0.05) is 32.6 Å². The van der Waals surface area contributed by atoms with Crippen LogP contribution in [0.25, 0.3) is 0 Å². The average molecular weight is 458 g/mol. The van der Waals surface area contributed by atoms with Gasteiger partial charge in [-0.05, 0) is 46.2 Å². The summed E-state index contributed by atoms with van der Waals surface area (Å²) < 4.78 is 6.84. The highest BCUT2D eigenvalue weighted by Gasteiger charge is 2.37. The lowest BCUT2D eigenvalue weighted by molar-refractivity contribution is 0.0186.